The molecule has 0 aromatic heterocycles. The largest absolute Gasteiger partial charge is 0.394 e. The van der Waals surface area contributed by atoms with Gasteiger partial charge >= 0.3 is 0 Å². The summed E-state index contributed by atoms with van der Waals surface area (Å²) in [6, 6.07) is -0.809. The van der Waals surface area contributed by atoms with Crippen LogP contribution < -0.4 is 5.32 Å². The molecule has 0 bridgehead atoms. The van der Waals surface area contributed by atoms with Crippen molar-refractivity contribution < 1.29 is 39.8 Å². The van der Waals surface area contributed by atoms with E-state index in [0.717, 1.165) is 70.6 Å². The minimum atomic E-state index is -1.57. The van der Waals surface area contributed by atoms with Crippen molar-refractivity contribution in [3.63, 3.8) is 0 Å². The molecule has 1 saturated heterocycles. The number of allylic oxidation sites excluding steroid dienone is 11. The molecule has 1 fully saturated rings. The summed E-state index contributed by atoms with van der Waals surface area (Å²) in [5.41, 5.74) is 0. The minimum Gasteiger partial charge on any atom is -0.394 e. The average Bonchev–Trinajstić information content (AvgIpc) is 3.38. The lowest BCUT2D eigenvalue weighted by Crippen LogP contribution is -2.60. The monoisotopic (exact) mass is 1220 g/mol. The van der Waals surface area contributed by atoms with E-state index >= 15 is 0 Å². The fourth-order valence-corrected chi connectivity index (χ4v) is 12.0. The molecule has 1 rings (SSSR count). The van der Waals surface area contributed by atoms with Crippen molar-refractivity contribution >= 4 is 5.91 Å². The van der Waals surface area contributed by atoms with Crippen molar-refractivity contribution in [2.24, 2.45) is 0 Å². The Morgan fingerprint density at radius 1 is 0.402 bits per heavy atom. The third-order valence-electron chi connectivity index (χ3n) is 17.8. The summed E-state index contributed by atoms with van der Waals surface area (Å²) < 4.78 is 11.3. The highest BCUT2D eigenvalue weighted by Crippen LogP contribution is 2.24. The lowest BCUT2D eigenvalue weighted by Gasteiger charge is -2.40. The lowest BCUT2D eigenvalue weighted by atomic mass is 9.99. The Morgan fingerprint density at radius 3 is 1.06 bits per heavy atom. The first-order chi connectivity index (χ1) is 42.8. The van der Waals surface area contributed by atoms with E-state index in [0.29, 0.717) is 6.42 Å². The van der Waals surface area contributed by atoms with E-state index in [1.54, 1.807) is 6.08 Å². The van der Waals surface area contributed by atoms with Crippen LogP contribution in [-0.4, -0.2) is 87.5 Å². The molecule has 0 radical (unpaired) electrons. The summed E-state index contributed by atoms with van der Waals surface area (Å²) in [5.74, 6) is -0.172. The van der Waals surface area contributed by atoms with E-state index in [-0.39, 0.29) is 12.5 Å². The Hall–Kier alpha value is -2.37. The molecule has 7 unspecified atom stereocenters. The molecule has 0 aromatic rings. The molecule has 0 aromatic carbocycles. The van der Waals surface area contributed by atoms with E-state index in [9.17, 15) is 30.3 Å². The molecule has 1 amide bonds. The number of hydrogen-bond donors (Lipinski definition) is 6. The van der Waals surface area contributed by atoms with Gasteiger partial charge in [-0.3, -0.25) is 4.79 Å². The van der Waals surface area contributed by atoms with E-state index in [1.165, 1.54) is 270 Å². The highest BCUT2D eigenvalue weighted by atomic mass is 16.7. The van der Waals surface area contributed by atoms with Gasteiger partial charge in [-0.1, -0.05) is 363 Å². The fourth-order valence-electron chi connectivity index (χ4n) is 12.0. The molecule has 0 spiro atoms. The van der Waals surface area contributed by atoms with Crippen LogP contribution in [0.15, 0.2) is 72.9 Å². The van der Waals surface area contributed by atoms with Crippen LogP contribution >= 0.6 is 0 Å². The van der Waals surface area contributed by atoms with Crippen molar-refractivity contribution in [1.82, 2.24) is 5.32 Å². The normalized spacial score (nSPS) is 18.4. The summed E-state index contributed by atoms with van der Waals surface area (Å²) in [6.07, 6.45) is 87.4. The van der Waals surface area contributed by atoms with Crippen molar-refractivity contribution in [3.8, 4) is 0 Å². The van der Waals surface area contributed by atoms with Crippen LogP contribution in [0, 0.1) is 0 Å². The summed E-state index contributed by atoms with van der Waals surface area (Å²) in [4.78, 5) is 13.2. The van der Waals surface area contributed by atoms with Crippen LogP contribution in [0.25, 0.3) is 0 Å². The summed E-state index contributed by atoms with van der Waals surface area (Å²) >= 11 is 0. The second-order valence-corrected chi connectivity index (χ2v) is 26.1. The number of aliphatic hydroxyl groups is 5. The van der Waals surface area contributed by atoms with Gasteiger partial charge in [-0.2, -0.15) is 0 Å². The quantitative estimate of drug-likeness (QED) is 0.0261. The first-order valence-corrected chi connectivity index (χ1v) is 37.7. The van der Waals surface area contributed by atoms with Crippen LogP contribution in [0.5, 0.6) is 0 Å². The van der Waals surface area contributed by atoms with Gasteiger partial charge in [0.15, 0.2) is 6.29 Å². The molecule has 1 aliphatic rings. The molecule has 1 heterocycles. The van der Waals surface area contributed by atoms with Gasteiger partial charge in [-0.15, -0.1) is 0 Å². The smallest absolute Gasteiger partial charge is 0.220 e. The maximum Gasteiger partial charge on any atom is 0.220 e. The van der Waals surface area contributed by atoms with Crippen molar-refractivity contribution in [2.45, 2.75) is 403 Å². The predicted molar refractivity (Wildman–Crippen MR) is 373 cm³/mol. The minimum absolute atomic E-state index is 0.172. The van der Waals surface area contributed by atoms with E-state index in [2.05, 4.69) is 79.9 Å². The number of amides is 1. The van der Waals surface area contributed by atoms with Gasteiger partial charge < -0.3 is 40.3 Å². The van der Waals surface area contributed by atoms with E-state index < -0.39 is 49.5 Å². The topological polar surface area (TPSA) is 149 Å². The van der Waals surface area contributed by atoms with Gasteiger partial charge in [0.1, 0.15) is 24.4 Å². The highest BCUT2D eigenvalue weighted by molar-refractivity contribution is 5.76. The molecule has 1 aliphatic heterocycles. The van der Waals surface area contributed by atoms with Gasteiger partial charge in [-0.05, 0) is 64.2 Å². The molecule has 9 nitrogen and oxygen atoms in total. The number of rotatable bonds is 66. The Kier molecular flexibility index (Phi) is 63.2. The van der Waals surface area contributed by atoms with Crippen LogP contribution in [0.3, 0.4) is 0 Å². The zero-order valence-corrected chi connectivity index (χ0v) is 57.0. The molecule has 508 valence electrons. The zero-order chi connectivity index (χ0) is 62.8. The van der Waals surface area contributed by atoms with Gasteiger partial charge in [0.05, 0.1) is 25.4 Å². The molecule has 9 heteroatoms. The standard InChI is InChI=1S/C78H143NO8/c1-3-5-7-9-11-13-15-17-19-21-23-25-27-29-31-33-35-36-38-40-42-44-46-48-50-52-54-56-58-60-62-64-66-68-74(82)79-71(70-86-78-77(85)76(84)75(83)73(69-80)87-78)72(81)67-65-63-61-59-57-55-53-51-49-47-45-43-41-39-37-34-32-30-28-26-24-22-20-18-16-14-12-10-8-6-4-2/h5,7,11,13,17,19,23,25,29,31,65,67,71-73,75-78,80-81,83-85H,3-4,6,8-10,12,14-16,18,20-22,24,26-28,30,32-64,66,68-70H2,1-2H3,(H,79,82)/b7-5-,13-11-,19-17-,25-23-,31-29-,67-65+. The van der Waals surface area contributed by atoms with E-state index in [4.69, 9.17) is 9.47 Å². The molecular weight excluding hydrogens is 1080 g/mol. The maximum atomic E-state index is 13.2. The van der Waals surface area contributed by atoms with E-state index in [1.807, 2.05) is 6.08 Å². The Bertz CT molecular complexity index is 1610. The Labute approximate surface area is 538 Å². The molecule has 6 N–H and O–H groups in total. The first-order valence-electron chi connectivity index (χ1n) is 37.7. The average molecular weight is 1220 g/mol. The lowest BCUT2D eigenvalue weighted by molar-refractivity contribution is -0.302. The van der Waals surface area contributed by atoms with Gasteiger partial charge in [-0.25, -0.2) is 0 Å². The number of carbonyl (C=O) groups is 1. The Balaban J connectivity index is 2.10. The fraction of sp³-hybridized carbons (Fsp3) is 0.833. The molecule has 0 saturated carbocycles. The third kappa shape index (κ3) is 55.0. The number of ether oxygens (including phenoxy) is 2. The zero-order valence-electron chi connectivity index (χ0n) is 57.0. The summed E-state index contributed by atoms with van der Waals surface area (Å²) in [5, 5.41) is 54.9. The van der Waals surface area contributed by atoms with Crippen LogP contribution in [0.2, 0.25) is 0 Å². The SMILES string of the molecule is CC/C=C\C/C=C\C/C=C\C/C=C\C/C=C\CCCCCCCCCCCCCCCCCCCC(=O)NC(COC1OC(CO)C(O)C(O)C1O)C(O)/C=C/CCCCCCCCCCCCCCCCCCCCCCCCCCCCCCC. The molecule has 87 heavy (non-hydrogen) atoms. The number of aliphatic hydroxyl groups excluding tert-OH is 5. The molecular formula is C78H143NO8. The Morgan fingerprint density at radius 2 is 0.713 bits per heavy atom. The maximum absolute atomic E-state index is 13.2. The van der Waals surface area contributed by atoms with Gasteiger partial charge in [0.25, 0.3) is 0 Å². The first kappa shape index (κ1) is 82.6. The second kappa shape index (κ2) is 66.5. The number of unbranched alkanes of at least 4 members (excludes halogenated alkanes) is 46. The van der Waals surface area contributed by atoms with Crippen LogP contribution in [0.4, 0.5) is 0 Å². The van der Waals surface area contributed by atoms with Gasteiger partial charge in [0, 0.05) is 6.42 Å². The van der Waals surface area contributed by atoms with Gasteiger partial charge in [0.2, 0.25) is 5.91 Å². The number of hydrogen-bond acceptors (Lipinski definition) is 8. The summed E-state index contributed by atoms with van der Waals surface area (Å²) in [7, 11) is 0. The number of nitrogens with one attached hydrogen (secondary N) is 1. The summed E-state index contributed by atoms with van der Waals surface area (Å²) in [6.45, 7) is 3.71. The van der Waals surface area contributed by atoms with Crippen molar-refractivity contribution in [1.29, 1.82) is 0 Å². The highest BCUT2D eigenvalue weighted by Gasteiger charge is 2.44. The second-order valence-electron chi connectivity index (χ2n) is 26.1. The van der Waals surface area contributed by atoms with Crippen molar-refractivity contribution in [2.75, 3.05) is 13.2 Å². The van der Waals surface area contributed by atoms with Crippen LogP contribution in [-0.2, 0) is 14.3 Å². The molecule has 7 atom stereocenters. The van der Waals surface area contributed by atoms with Crippen LogP contribution in [0.1, 0.15) is 361 Å². The van der Waals surface area contributed by atoms with Crippen molar-refractivity contribution in [3.05, 3.63) is 72.9 Å². The third-order valence-corrected chi connectivity index (χ3v) is 17.8. The molecule has 0 aliphatic carbocycles. The predicted octanol–water partition coefficient (Wildman–Crippen LogP) is 21.1. The number of carbonyl (C=O) groups excluding carboxylic acids is 1.